The molecule has 3 aromatic carbocycles. The largest absolute Gasteiger partial charge is 0.317 e. The van der Waals surface area contributed by atoms with Gasteiger partial charge in [0, 0.05) is 22.0 Å². The van der Waals surface area contributed by atoms with Gasteiger partial charge in [0.2, 0.25) is 0 Å². The zero-order chi connectivity index (χ0) is 28.3. The Morgan fingerprint density at radius 1 is 0.949 bits per heavy atom. The van der Waals surface area contributed by atoms with Gasteiger partial charge >= 0.3 is 0 Å². The number of nitrogens with one attached hydrogen (secondary N) is 1. The maximum Gasteiger partial charge on any atom is 0.264 e. The van der Waals surface area contributed by atoms with Crippen LogP contribution in [-0.4, -0.2) is 31.7 Å². The lowest BCUT2D eigenvalue weighted by Crippen LogP contribution is -2.39. The number of para-hydroxylation sites is 1. The van der Waals surface area contributed by atoms with Crippen LogP contribution in [0.1, 0.15) is 33.6 Å². The summed E-state index contributed by atoms with van der Waals surface area (Å²) in [4.78, 5) is 13.0. The number of anilines is 1. The number of carbonyl (C=O) groups excluding carboxylic acids is 1. The Bertz CT molecular complexity index is 1620. The lowest BCUT2D eigenvalue weighted by Gasteiger charge is -2.23. The molecule has 0 aliphatic heterocycles. The highest BCUT2D eigenvalue weighted by Gasteiger charge is 2.27. The average Bonchev–Trinajstić information content (AvgIpc) is 3.16. The van der Waals surface area contributed by atoms with Gasteiger partial charge in [0.05, 0.1) is 22.5 Å². The first-order valence-corrected chi connectivity index (χ1v) is 14.2. The average molecular weight is 563 g/mol. The molecule has 0 atom stereocenters. The van der Waals surface area contributed by atoms with Crippen molar-refractivity contribution in [2.45, 2.75) is 39.5 Å². The SMILES string of the molecule is Cc1ccc(S(=O)(=O)N(CC(=O)N/N=C/c2cc(C)n(-c3c(C)cccc3C)c2C)c2ccc(Cl)cc2)cc1. The lowest BCUT2D eigenvalue weighted by molar-refractivity contribution is -0.119. The Morgan fingerprint density at radius 3 is 2.18 bits per heavy atom. The molecule has 1 aromatic heterocycles. The summed E-state index contributed by atoms with van der Waals surface area (Å²) < 4.78 is 30.2. The number of aryl methyl sites for hydroxylation is 4. The molecule has 0 saturated heterocycles. The van der Waals surface area contributed by atoms with Gasteiger partial charge in [0.15, 0.2) is 0 Å². The summed E-state index contributed by atoms with van der Waals surface area (Å²) in [6, 6.07) is 20.9. The summed E-state index contributed by atoms with van der Waals surface area (Å²) in [6.07, 6.45) is 1.57. The molecule has 0 radical (unpaired) electrons. The number of hydrogen-bond acceptors (Lipinski definition) is 4. The Balaban J connectivity index is 1.57. The third-order valence-corrected chi connectivity index (χ3v) is 8.58. The second kappa shape index (κ2) is 11.5. The van der Waals surface area contributed by atoms with Crippen molar-refractivity contribution in [3.05, 3.63) is 111 Å². The molecular weight excluding hydrogens is 532 g/mol. The van der Waals surface area contributed by atoms with E-state index in [0.29, 0.717) is 10.7 Å². The van der Waals surface area contributed by atoms with Crippen LogP contribution in [0.5, 0.6) is 0 Å². The monoisotopic (exact) mass is 562 g/mol. The van der Waals surface area contributed by atoms with E-state index in [0.717, 1.165) is 43.6 Å². The molecule has 202 valence electrons. The van der Waals surface area contributed by atoms with Gasteiger partial charge in [0.1, 0.15) is 6.54 Å². The Hall–Kier alpha value is -3.88. The fourth-order valence-corrected chi connectivity index (χ4v) is 6.07. The number of rotatable bonds is 8. The van der Waals surface area contributed by atoms with Crippen molar-refractivity contribution in [3.8, 4) is 5.69 Å². The summed E-state index contributed by atoms with van der Waals surface area (Å²) in [5.41, 5.74) is 10.0. The van der Waals surface area contributed by atoms with Crippen LogP contribution in [0.4, 0.5) is 5.69 Å². The number of benzene rings is 3. The molecular formula is C30H31ClN4O3S. The maximum atomic E-state index is 13.5. The summed E-state index contributed by atoms with van der Waals surface area (Å²) in [5.74, 6) is -0.583. The van der Waals surface area contributed by atoms with Crippen LogP contribution in [-0.2, 0) is 14.8 Å². The minimum atomic E-state index is -4.03. The summed E-state index contributed by atoms with van der Waals surface area (Å²) >= 11 is 6.01. The number of amides is 1. The van der Waals surface area contributed by atoms with Gasteiger partial charge in [-0.05, 0) is 88.2 Å². The molecule has 0 spiro atoms. The van der Waals surface area contributed by atoms with Crippen molar-refractivity contribution < 1.29 is 13.2 Å². The van der Waals surface area contributed by atoms with Crippen LogP contribution in [0.25, 0.3) is 5.69 Å². The quantitative estimate of drug-likeness (QED) is 0.210. The standard InChI is InChI=1S/C30H31ClN4O3S/c1-20-9-15-28(16-10-20)39(37,38)34(27-13-11-26(31)12-14-27)19-29(36)33-32-18-25-17-23(4)35(24(25)5)30-21(2)7-6-8-22(30)3/h6-18H,19H2,1-5H3,(H,33,36)/b32-18+. The van der Waals surface area contributed by atoms with Crippen LogP contribution in [0.3, 0.4) is 0 Å². The Morgan fingerprint density at radius 2 is 1.56 bits per heavy atom. The van der Waals surface area contributed by atoms with Crippen molar-refractivity contribution in [2.75, 3.05) is 10.8 Å². The van der Waals surface area contributed by atoms with Gasteiger partial charge in [-0.3, -0.25) is 9.10 Å². The number of sulfonamides is 1. The minimum Gasteiger partial charge on any atom is -0.317 e. The van der Waals surface area contributed by atoms with Gasteiger partial charge in [-0.15, -0.1) is 0 Å². The lowest BCUT2D eigenvalue weighted by atomic mass is 10.1. The molecule has 0 unspecified atom stereocenters. The highest BCUT2D eigenvalue weighted by Crippen LogP contribution is 2.26. The fraction of sp³-hybridized carbons (Fsp3) is 0.200. The first kappa shape index (κ1) is 28.1. The number of carbonyl (C=O) groups is 1. The smallest absolute Gasteiger partial charge is 0.264 e. The van der Waals surface area contributed by atoms with Gasteiger partial charge in [-0.25, -0.2) is 13.8 Å². The number of nitrogens with zero attached hydrogens (tertiary/aromatic N) is 3. The normalized spacial score (nSPS) is 11.6. The van der Waals surface area contributed by atoms with Crippen molar-refractivity contribution in [2.24, 2.45) is 5.10 Å². The molecule has 39 heavy (non-hydrogen) atoms. The topological polar surface area (TPSA) is 83.8 Å². The number of halogens is 1. The third kappa shape index (κ3) is 6.08. The highest BCUT2D eigenvalue weighted by molar-refractivity contribution is 7.92. The molecule has 1 N–H and O–H groups in total. The van der Waals surface area contributed by atoms with Crippen LogP contribution < -0.4 is 9.73 Å². The van der Waals surface area contributed by atoms with E-state index < -0.39 is 22.5 Å². The minimum absolute atomic E-state index is 0.0817. The third-order valence-electron chi connectivity index (χ3n) is 6.54. The van der Waals surface area contributed by atoms with Crippen LogP contribution in [0.2, 0.25) is 5.02 Å². The number of hydrogen-bond donors (Lipinski definition) is 1. The highest BCUT2D eigenvalue weighted by atomic mass is 35.5. The van der Waals surface area contributed by atoms with Gasteiger partial charge in [-0.1, -0.05) is 47.5 Å². The zero-order valence-corrected chi connectivity index (χ0v) is 24.1. The molecule has 1 heterocycles. The summed E-state index contributed by atoms with van der Waals surface area (Å²) in [5, 5.41) is 4.60. The molecule has 0 aliphatic rings. The van der Waals surface area contributed by atoms with E-state index in [1.165, 1.54) is 12.1 Å². The second-order valence-electron chi connectivity index (χ2n) is 9.50. The van der Waals surface area contributed by atoms with Crippen molar-refractivity contribution in [1.29, 1.82) is 0 Å². The molecule has 4 rings (SSSR count). The van der Waals surface area contributed by atoms with Crippen molar-refractivity contribution in [1.82, 2.24) is 9.99 Å². The molecule has 4 aromatic rings. The Kier molecular flexibility index (Phi) is 8.28. The van der Waals surface area contributed by atoms with E-state index in [2.05, 4.69) is 41.1 Å². The number of hydrazone groups is 1. The van der Waals surface area contributed by atoms with E-state index in [4.69, 9.17) is 11.6 Å². The summed E-state index contributed by atoms with van der Waals surface area (Å²) in [6.45, 7) is 9.58. The molecule has 0 aliphatic carbocycles. The fourth-order valence-electron chi connectivity index (χ4n) is 4.52. The van der Waals surface area contributed by atoms with Crippen LogP contribution in [0.15, 0.2) is 82.8 Å². The molecule has 9 heteroatoms. The van der Waals surface area contributed by atoms with Gasteiger partial charge in [0.25, 0.3) is 15.9 Å². The van der Waals surface area contributed by atoms with Crippen molar-refractivity contribution in [3.63, 3.8) is 0 Å². The first-order valence-electron chi connectivity index (χ1n) is 12.4. The van der Waals surface area contributed by atoms with E-state index in [-0.39, 0.29) is 4.90 Å². The first-order chi connectivity index (χ1) is 18.5. The molecule has 0 saturated carbocycles. The summed E-state index contributed by atoms with van der Waals surface area (Å²) in [7, 11) is -4.03. The van der Waals surface area contributed by atoms with E-state index in [9.17, 15) is 13.2 Å². The predicted octanol–water partition coefficient (Wildman–Crippen LogP) is 6.02. The van der Waals surface area contributed by atoms with Gasteiger partial charge in [-0.2, -0.15) is 5.10 Å². The Labute approximate surface area is 234 Å². The molecule has 7 nitrogen and oxygen atoms in total. The molecule has 1 amide bonds. The molecule has 0 bridgehead atoms. The van der Waals surface area contributed by atoms with E-state index >= 15 is 0 Å². The molecule has 0 fully saturated rings. The van der Waals surface area contributed by atoms with E-state index in [1.54, 1.807) is 42.6 Å². The van der Waals surface area contributed by atoms with E-state index in [1.807, 2.05) is 32.9 Å². The maximum absolute atomic E-state index is 13.5. The van der Waals surface area contributed by atoms with Crippen molar-refractivity contribution >= 4 is 39.4 Å². The number of aromatic nitrogens is 1. The van der Waals surface area contributed by atoms with Crippen LogP contribution >= 0.6 is 11.6 Å². The van der Waals surface area contributed by atoms with Gasteiger partial charge < -0.3 is 4.57 Å². The predicted molar refractivity (Wildman–Crippen MR) is 158 cm³/mol. The van der Waals surface area contributed by atoms with Crippen LogP contribution in [0, 0.1) is 34.6 Å². The zero-order valence-electron chi connectivity index (χ0n) is 22.6. The second-order valence-corrected chi connectivity index (χ2v) is 11.8.